The van der Waals surface area contributed by atoms with Gasteiger partial charge in [0.1, 0.15) is 23.4 Å². The number of urea groups is 1. The first kappa shape index (κ1) is 21.8. The van der Waals surface area contributed by atoms with Gasteiger partial charge in [-0.3, -0.25) is 15.0 Å². The lowest BCUT2D eigenvalue weighted by Gasteiger charge is -2.35. The molecule has 2 aliphatic rings. The average Bonchev–Trinajstić information content (AvgIpc) is 3.14. The number of fused-ring (bicyclic) bond motifs is 4. The minimum atomic E-state index is -4.60. The highest BCUT2D eigenvalue weighted by atomic mass is 19.4. The summed E-state index contributed by atoms with van der Waals surface area (Å²) in [6.45, 7) is 3.51. The summed E-state index contributed by atoms with van der Waals surface area (Å²) in [7, 11) is 0. The molecule has 0 saturated carbocycles. The molecule has 0 aliphatic carbocycles. The maximum atomic E-state index is 13.5. The monoisotopic (exact) mass is 452 g/mol. The molecular formula is C20H20F4N6O2. The number of aromatic nitrogens is 2. The van der Waals surface area contributed by atoms with Gasteiger partial charge in [-0.2, -0.15) is 13.2 Å². The van der Waals surface area contributed by atoms with Crippen LogP contribution >= 0.6 is 0 Å². The first-order valence-electron chi connectivity index (χ1n) is 9.91. The Morgan fingerprint density at radius 1 is 1.19 bits per heavy atom. The highest BCUT2D eigenvalue weighted by Crippen LogP contribution is 2.39. The second-order valence-electron chi connectivity index (χ2n) is 7.73. The number of hydrogen-bond acceptors (Lipinski definition) is 5. The first-order valence-corrected chi connectivity index (χ1v) is 9.91. The van der Waals surface area contributed by atoms with Crippen LogP contribution in [-0.4, -0.2) is 53.3 Å². The summed E-state index contributed by atoms with van der Waals surface area (Å²) in [6, 6.07) is 2.52. The largest absolute Gasteiger partial charge is 0.408 e. The van der Waals surface area contributed by atoms with Crippen molar-refractivity contribution < 1.29 is 27.2 Å². The van der Waals surface area contributed by atoms with E-state index in [1.54, 1.807) is 6.07 Å². The summed E-state index contributed by atoms with van der Waals surface area (Å²) in [5.41, 5.74) is 0.471. The Morgan fingerprint density at radius 3 is 2.62 bits per heavy atom. The van der Waals surface area contributed by atoms with Crippen molar-refractivity contribution in [3.63, 3.8) is 0 Å². The van der Waals surface area contributed by atoms with E-state index < -0.39 is 30.0 Å². The minimum absolute atomic E-state index is 0.116. The molecular weight excluding hydrogens is 432 g/mol. The number of rotatable bonds is 3. The second kappa shape index (κ2) is 7.92. The van der Waals surface area contributed by atoms with Crippen LogP contribution in [0.4, 0.5) is 39.7 Å². The molecule has 3 amide bonds. The summed E-state index contributed by atoms with van der Waals surface area (Å²) < 4.78 is 51.9. The van der Waals surface area contributed by atoms with E-state index in [-0.39, 0.29) is 29.1 Å². The Morgan fingerprint density at radius 2 is 1.94 bits per heavy atom. The lowest BCUT2D eigenvalue weighted by molar-refractivity contribution is -0.149. The standard InChI is InChI=1S/C20H20F4N6O2/c1-10-13(21)3-6-16(25-10)28-19(32)30-12-7-8-29(9-12)15-5-4-14(27-17(15)30)18(31)26-11(2)20(22,23)24/h3-6,11-12H,7-9H2,1-2H3,(H,26,31)(H,25,28,32)/t11-,12+/m1/s1. The number of hydrogen-bond donors (Lipinski definition) is 2. The minimum Gasteiger partial charge on any atom is -0.366 e. The fourth-order valence-corrected chi connectivity index (χ4v) is 3.73. The Balaban J connectivity index is 1.63. The van der Waals surface area contributed by atoms with Crippen LogP contribution in [0.25, 0.3) is 0 Å². The van der Waals surface area contributed by atoms with E-state index in [0.29, 0.717) is 25.2 Å². The van der Waals surface area contributed by atoms with Gasteiger partial charge in [-0.15, -0.1) is 0 Å². The number of aryl methyl sites for hydroxylation is 1. The topological polar surface area (TPSA) is 90.5 Å². The Hall–Kier alpha value is -3.44. The molecule has 170 valence electrons. The summed E-state index contributed by atoms with van der Waals surface area (Å²) in [4.78, 5) is 37.0. The molecule has 0 aromatic carbocycles. The van der Waals surface area contributed by atoms with Gasteiger partial charge in [0.15, 0.2) is 5.82 Å². The molecule has 12 heteroatoms. The number of carbonyl (C=O) groups excluding carboxylic acids is 2. The van der Waals surface area contributed by atoms with Crippen molar-refractivity contribution in [1.29, 1.82) is 0 Å². The first-order chi connectivity index (χ1) is 15.0. The molecule has 2 bridgehead atoms. The van der Waals surface area contributed by atoms with Crippen LogP contribution < -0.4 is 20.4 Å². The molecule has 0 radical (unpaired) electrons. The van der Waals surface area contributed by atoms with E-state index in [2.05, 4.69) is 15.3 Å². The molecule has 4 rings (SSSR count). The number of alkyl halides is 3. The number of nitrogens with one attached hydrogen (secondary N) is 2. The predicted octanol–water partition coefficient (Wildman–Crippen LogP) is 3.24. The number of anilines is 3. The molecule has 2 N–H and O–H groups in total. The fraction of sp³-hybridized carbons (Fsp3) is 0.400. The molecule has 2 aliphatic heterocycles. The van der Waals surface area contributed by atoms with Crippen LogP contribution in [0.15, 0.2) is 24.3 Å². The Kier molecular flexibility index (Phi) is 5.39. The molecule has 0 unspecified atom stereocenters. The van der Waals surface area contributed by atoms with Crippen LogP contribution in [0, 0.1) is 12.7 Å². The predicted molar refractivity (Wildman–Crippen MR) is 108 cm³/mol. The van der Waals surface area contributed by atoms with Crippen molar-refractivity contribution in [2.24, 2.45) is 0 Å². The van der Waals surface area contributed by atoms with Gasteiger partial charge in [-0.1, -0.05) is 0 Å². The Labute approximate surface area is 180 Å². The van der Waals surface area contributed by atoms with Gasteiger partial charge in [0, 0.05) is 13.1 Å². The number of halogens is 4. The third kappa shape index (κ3) is 4.04. The van der Waals surface area contributed by atoms with Crippen LogP contribution in [0.5, 0.6) is 0 Å². The summed E-state index contributed by atoms with van der Waals surface area (Å²) in [5.74, 6) is -1.20. The fourth-order valence-electron chi connectivity index (χ4n) is 3.73. The summed E-state index contributed by atoms with van der Waals surface area (Å²) in [5, 5.41) is 4.48. The van der Waals surface area contributed by atoms with E-state index in [9.17, 15) is 27.2 Å². The van der Waals surface area contributed by atoms with E-state index in [1.807, 2.05) is 10.2 Å². The van der Waals surface area contributed by atoms with Crippen molar-refractivity contribution >= 4 is 29.3 Å². The smallest absolute Gasteiger partial charge is 0.366 e. The zero-order chi connectivity index (χ0) is 23.2. The second-order valence-corrected chi connectivity index (χ2v) is 7.73. The van der Waals surface area contributed by atoms with Crippen LogP contribution in [0.3, 0.4) is 0 Å². The molecule has 32 heavy (non-hydrogen) atoms. The van der Waals surface area contributed by atoms with Crippen molar-refractivity contribution in [2.75, 3.05) is 28.2 Å². The molecule has 2 atom stereocenters. The number of nitrogens with zero attached hydrogens (tertiary/aromatic N) is 4. The molecule has 1 fully saturated rings. The van der Waals surface area contributed by atoms with Crippen LogP contribution in [0.2, 0.25) is 0 Å². The molecule has 1 saturated heterocycles. The SMILES string of the molecule is Cc1nc(NC(=O)N2c3nc(C(=O)N[C@H](C)C(F)(F)F)ccc3N3CC[C@H]2C3)ccc1F. The van der Waals surface area contributed by atoms with Crippen LogP contribution in [0.1, 0.15) is 29.5 Å². The van der Waals surface area contributed by atoms with Crippen molar-refractivity contribution in [3.8, 4) is 0 Å². The van der Waals surface area contributed by atoms with Gasteiger partial charge >= 0.3 is 12.2 Å². The number of pyridine rings is 2. The van der Waals surface area contributed by atoms with E-state index in [4.69, 9.17) is 0 Å². The maximum absolute atomic E-state index is 13.5. The third-order valence-electron chi connectivity index (χ3n) is 5.50. The summed E-state index contributed by atoms with van der Waals surface area (Å²) in [6.07, 6.45) is -3.95. The molecule has 2 aromatic heterocycles. The molecule has 0 spiro atoms. The van der Waals surface area contributed by atoms with E-state index in [0.717, 1.165) is 6.92 Å². The normalized spacial score (nSPS) is 18.2. The lowest BCUT2D eigenvalue weighted by atomic mass is 10.1. The number of amides is 3. The van der Waals surface area contributed by atoms with Gasteiger partial charge < -0.3 is 10.2 Å². The van der Waals surface area contributed by atoms with Gasteiger partial charge in [0.25, 0.3) is 5.91 Å². The maximum Gasteiger partial charge on any atom is 0.408 e. The van der Waals surface area contributed by atoms with Crippen molar-refractivity contribution in [1.82, 2.24) is 15.3 Å². The zero-order valence-electron chi connectivity index (χ0n) is 17.2. The van der Waals surface area contributed by atoms with Crippen molar-refractivity contribution in [2.45, 2.75) is 38.5 Å². The molecule has 8 nitrogen and oxygen atoms in total. The van der Waals surface area contributed by atoms with Gasteiger partial charge in [-0.05, 0) is 44.5 Å². The average molecular weight is 452 g/mol. The van der Waals surface area contributed by atoms with Crippen molar-refractivity contribution in [3.05, 3.63) is 41.5 Å². The lowest BCUT2D eigenvalue weighted by Crippen LogP contribution is -2.49. The Bertz CT molecular complexity index is 1080. The molecule has 2 aromatic rings. The van der Waals surface area contributed by atoms with Gasteiger partial charge in [-0.25, -0.2) is 19.2 Å². The van der Waals surface area contributed by atoms with E-state index in [1.165, 1.54) is 30.0 Å². The highest BCUT2D eigenvalue weighted by molar-refractivity contribution is 6.05. The van der Waals surface area contributed by atoms with Crippen LogP contribution in [-0.2, 0) is 0 Å². The summed E-state index contributed by atoms with van der Waals surface area (Å²) >= 11 is 0. The quantitative estimate of drug-likeness (QED) is 0.698. The van der Waals surface area contributed by atoms with Gasteiger partial charge in [0.2, 0.25) is 0 Å². The van der Waals surface area contributed by atoms with E-state index >= 15 is 0 Å². The zero-order valence-corrected chi connectivity index (χ0v) is 17.2. The van der Waals surface area contributed by atoms with Gasteiger partial charge in [0.05, 0.1) is 17.4 Å². The molecule has 4 heterocycles. The third-order valence-corrected chi connectivity index (χ3v) is 5.50. The number of carbonyl (C=O) groups is 2. The highest BCUT2D eigenvalue weighted by Gasteiger charge is 2.41.